The fourth-order valence-electron chi connectivity index (χ4n) is 9.50. The maximum atomic E-state index is 3.36. The van der Waals surface area contributed by atoms with Crippen LogP contribution >= 0.6 is 27.1 Å². The summed E-state index contributed by atoms with van der Waals surface area (Å²) in [6.45, 7) is 5.36. The van der Waals surface area contributed by atoms with Crippen molar-refractivity contribution in [2.24, 2.45) is 40.4 Å². The molecule has 33 heavy (non-hydrogen) atoms. The van der Waals surface area contributed by atoms with Gasteiger partial charge in [-0.2, -0.15) is 0 Å². The maximum absolute atomic E-state index is 3.36. The van der Waals surface area contributed by atoms with E-state index < -0.39 is 0 Å². The Morgan fingerprint density at radius 1 is 0.909 bits per heavy atom. The number of hydrogen-bond acceptors (Lipinski definition) is 0. The van der Waals surface area contributed by atoms with Gasteiger partial charge in [0.15, 0.2) is 0 Å². The maximum Gasteiger partial charge on any atom is -0.0145 e. The van der Waals surface area contributed by atoms with E-state index in [0.29, 0.717) is 16.0 Å². The predicted molar refractivity (Wildman–Crippen MR) is 156 cm³/mol. The molecule has 4 saturated carbocycles. The minimum Gasteiger partial charge on any atom is -0.134 e. The van der Waals surface area contributed by atoms with Crippen molar-refractivity contribution in [2.75, 3.05) is 12.3 Å². The second kappa shape index (κ2) is 10.6. The average Bonchev–Trinajstić information content (AvgIpc) is 3.35. The van der Waals surface area contributed by atoms with Crippen molar-refractivity contribution in [1.29, 1.82) is 0 Å². The number of hydrogen-bond donors (Lipinski definition) is 0. The molecule has 0 spiro atoms. The zero-order chi connectivity index (χ0) is 23.1. The lowest BCUT2D eigenvalue weighted by atomic mass is 9.49. The van der Waals surface area contributed by atoms with Gasteiger partial charge in [-0.3, -0.25) is 0 Å². The van der Waals surface area contributed by atoms with Crippen molar-refractivity contribution in [3.05, 3.63) is 0 Å². The lowest BCUT2D eigenvalue weighted by Gasteiger charge is -2.56. The van der Waals surface area contributed by atoms with E-state index in [9.17, 15) is 0 Å². The van der Waals surface area contributed by atoms with Crippen LogP contribution in [-0.2, 0) is 0 Å². The predicted octanol–water partition coefficient (Wildman–Crippen LogP) is 9.32. The normalized spacial score (nSPS) is 40.5. The molecule has 5 rings (SSSR count). The Morgan fingerprint density at radius 3 is 2.21 bits per heavy atom. The first-order valence-corrected chi connectivity index (χ1v) is 17.7. The molecule has 0 amide bonds. The van der Waals surface area contributed by atoms with Gasteiger partial charge in [0.2, 0.25) is 0 Å². The van der Waals surface area contributed by atoms with E-state index in [4.69, 9.17) is 0 Å². The second-order valence-corrected chi connectivity index (χ2v) is 17.8. The molecule has 0 N–H and O–H groups in total. The van der Waals surface area contributed by atoms with E-state index >= 15 is 0 Å². The summed E-state index contributed by atoms with van der Waals surface area (Å²) in [5.74, 6) is 5.35. The lowest BCUT2D eigenvalue weighted by molar-refractivity contribution is -0.0611. The molecule has 0 nitrogen and oxygen atoms in total. The molecular weight excluding hydrogens is 453 g/mol. The summed E-state index contributed by atoms with van der Waals surface area (Å²) < 4.78 is 0. The monoisotopic (exact) mass is 508 g/mol. The molecule has 5 aliphatic rings. The Labute approximate surface area is 213 Å². The van der Waals surface area contributed by atoms with Crippen LogP contribution in [-0.4, -0.2) is 23.1 Å². The molecule has 4 aliphatic carbocycles. The van der Waals surface area contributed by atoms with Crippen LogP contribution in [0.25, 0.3) is 0 Å². The Hall–Kier alpha value is 1.29. The summed E-state index contributed by atoms with van der Waals surface area (Å²) in [7, 11) is 7.84. The Balaban J connectivity index is 1.31. The highest BCUT2D eigenvalue weighted by Gasteiger charge is 2.53. The zero-order valence-corrected chi connectivity index (χ0v) is 25.4. The Kier molecular flexibility index (Phi) is 8.31. The summed E-state index contributed by atoms with van der Waals surface area (Å²) in [6, 6.07) is 0. The first-order chi connectivity index (χ1) is 15.8. The van der Waals surface area contributed by atoms with Gasteiger partial charge >= 0.3 is 0 Å². The van der Waals surface area contributed by atoms with Crippen LogP contribution in [0, 0.1) is 40.4 Å². The highest BCUT2D eigenvalue weighted by atomic mass is 31.1. The van der Waals surface area contributed by atoms with E-state index in [-0.39, 0.29) is 0 Å². The van der Waals surface area contributed by atoms with Gasteiger partial charge in [0.25, 0.3) is 0 Å². The summed E-state index contributed by atoms with van der Waals surface area (Å²) in [5, 5.41) is 0.592. The van der Waals surface area contributed by atoms with Gasteiger partial charge in [-0.25, -0.2) is 0 Å². The molecule has 8 atom stereocenters. The second-order valence-electron chi connectivity index (χ2n) is 14.2. The van der Waals surface area contributed by atoms with Crippen molar-refractivity contribution >= 4 is 27.1 Å². The fraction of sp³-hybridized carbons (Fsp3) is 1.00. The van der Waals surface area contributed by atoms with Gasteiger partial charge in [0.05, 0.1) is 0 Å². The fourth-order valence-corrected chi connectivity index (χ4v) is 12.5. The molecule has 1 heterocycles. The van der Waals surface area contributed by atoms with Crippen LogP contribution in [0.3, 0.4) is 0 Å². The summed E-state index contributed by atoms with van der Waals surface area (Å²) in [4.78, 5) is 0. The topological polar surface area (TPSA) is 0 Å². The minimum absolute atomic E-state index is 0.582. The number of rotatable bonds is 11. The zero-order valence-electron chi connectivity index (χ0n) is 22.1. The molecule has 0 bridgehead atoms. The van der Waals surface area contributed by atoms with Gasteiger partial charge in [-0.05, 0) is 147 Å². The third-order valence-electron chi connectivity index (χ3n) is 12.0. The summed E-state index contributed by atoms with van der Waals surface area (Å²) >= 11 is 0. The third-order valence-corrected chi connectivity index (χ3v) is 14.9. The van der Waals surface area contributed by atoms with Gasteiger partial charge in [0.1, 0.15) is 0 Å². The molecule has 1 aliphatic heterocycles. The van der Waals surface area contributed by atoms with Crippen LogP contribution in [0.1, 0.15) is 123 Å². The minimum atomic E-state index is 0.582. The van der Waals surface area contributed by atoms with Crippen LogP contribution in [0.2, 0.25) is 0 Å². The van der Waals surface area contributed by atoms with Gasteiger partial charge in [0, 0.05) is 0 Å². The quantitative estimate of drug-likeness (QED) is 0.244. The highest BCUT2D eigenvalue weighted by molar-refractivity contribution is 7.38. The summed E-state index contributed by atoms with van der Waals surface area (Å²) in [5.41, 5.74) is 2.15. The molecule has 1 saturated heterocycles. The molecule has 5 fully saturated rings. The van der Waals surface area contributed by atoms with E-state index in [2.05, 4.69) is 32.3 Å². The van der Waals surface area contributed by atoms with Gasteiger partial charge in [-0.15, -0.1) is 27.1 Å². The molecule has 7 unspecified atom stereocenters. The smallest absolute Gasteiger partial charge is 0.0145 e. The van der Waals surface area contributed by atoms with Crippen LogP contribution in [0.15, 0.2) is 0 Å². The first-order valence-electron chi connectivity index (χ1n) is 15.1. The summed E-state index contributed by atoms with van der Waals surface area (Å²) in [6.07, 6.45) is 29.0. The molecule has 0 aromatic carbocycles. The molecule has 0 aromatic rings. The standard InChI is InChI=1S/C30H55P3/c1-3-30(25-8-9-27(31)18-25,26-16-24(17-26)23-6-4-7-23)14-13-28(2,19-22-10-15-33-20-22)21-29(32)11-5-12-29/h22-27,33H,3-21,31-32H2,1-2H3/t22?,24?,25?,26?,27?,28-,30?/m0/s1. The van der Waals surface area contributed by atoms with Crippen molar-refractivity contribution in [3.8, 4) is 0 Å². The van der Waals surface area contributed by atoms with Crippen LogP contribution in [0.5, 0.6) is 0 Å². The first kappa shape index (κ1) is 25.9. The lowest BCUT2D eigenvalue weighted by Crippen LogP contribution is -2.47. The van der Waals surface area contributed by atoms with Crippen molar-refractivity contribution in [2.45, 2.75) is 134 Å². The third kappa shape index (κ3) is 5.60. The highest BCUT2D eigenvalue weighted by Crippen LogP contribution is 2.62. The Bertz CT molecular complexity index is 643. The largest absolute Gasteiger partial charge is 0.134 e. The van der Waals surface area contributed by atoms with Crippen LogP contribution in [0.4, 0.5) is 0 Å². The SMILES string of the molecule is CCC(CC[C@@](C)(CC1CCPC1)CC1(P)CCC1)(C1CCC(P)C1)C1CC(C2CCC2)C1. The van der Waals surface area contributed by atoms with Crippen molar-refractivity contribution in [3.63, 3.8) is 0 Å². The van der Waals surface area contributed by atoms with Crippen LogP contribution < -0.4 is 0 Å². The van der Waals surface area contributed by atoms with Crippen molar-refractivity contribution in [1.82, 2.24) is 0 Å². The van der Waals surface area contributed by atoms with E-state index in [0.717, 1.165) is 35.2 Å². The van der Waals surface area contributed by atoms with Gasteiger partial charge in [-0.1, -0.05) is 39.5 Å². The molecule has 0 aromatic heterocycles. The van der Waals surface area contributed by atoms with E-state index in [1.807, 2.05) is 0 Å². The van der Waals surface area contributed by atoms with Crippen molar-refractivity contribution < 1.29 is 0 Å². The molecular formula is C30H55P3. The molecule has 3 heteroatoms. The van der Waals surface area contributed by atoms with Gasteiger partial charge < -0.3 is 0 Å². The van der Waals surface area contributed by atoms with E-state index in [1.165, 1.54) is 79.0 Å². The van der Waals surface area contributed by atoms with E-state index in [1.54, 1.807) is 51.1 Å². The molecule has 0 radical (unpaired) electrons. The average molecular weight is 509 g/mol. The molecule has 190 valence electrons. The Morgan fingerprint density at radius 2 is 1.70 bits per heavy atom.